The molecule has 0 aromatic heterocycles. The molecular weight excluding hydrogens is 322 g/mol. The van der Waals surface area contributed by atoms with Gasteiger partial charge in [0.1, 0.15) is 0 Å². The minimum Gasteiger partial charge on any atom is -0.329 e. The third-order valence-corrected chi connectivity index (χ3v) is 3.77. The highest BCUT2D eigenvalue weighted by Crippen LogP contribution is 2.14. The van der Waals surface area contributed by atoms with Crippen molar-refractivity contribution >= 4 is 17.8 Å². The Hall–Kier alpha value is -3.19. The lowest BCUT2D eigenvalue weighted by Gasteiger charge is -2.15. The molecule has 2 aromatic carbocycles. The molecule has 2 aromatic rings. The summed E-state index contributed by atoms with van der Waals surface area (Å²) in [6, 6.07) is 15.8. The van der Waals surface area contributed by atoms with Gasteiger partial charge in [-0.15, -0.1) is 0 Å². The van der Waals surface area contributed by atoms with Crippen LogP contribution in [0.4, 0.5) is 4.79 Å². The van der Waals surface area contributed by atoms with Crippen molar-refractivity contribution < 1.29 is 19.2 Å². The maximum Gasteiger partial charge on any atom is 0.324 e. The Labute approximate surface area is 144 Å². The zero-order valence-electron chi connectivity index (χ0n) is 13.4. The first-order chi connectivity index (χ1) is 12.1. The molecule has 0 radical (unpaired) electrons. The fraction of sp³-hybridized carbons (Fsp3) is 0.167. The van der Waals surface area contributed by atoms with Gasteiger partial charge in [0.15, 0.2) is 0 Å². The number of nitrogens with zero attached hydrogens (tertiary/aromatic N) is 1. The molecule has 0 unspecified atom stereocenters. The van der Waals surface area contributed by atoms with E-state index in [1.165, 1.54) is 0 Å². The number of carbonyl (C=O) groups excluding carboxylic acids is 3. The van der Waals surface area contributed by atoms with Crippen molar-refractivity contribution in [1.82, 2.24) is 15.7 Å². The molecule has 1 aliphatic rings. The first kappa shape index (κ1) is 16.7. The molecule has 0 aliphatic carbocycles. The summed E-state index contributed by atoms with van der Waals surface area (Å²) in [6.07, 6.45) is 0. The van der Waals surface area contributed by atoms with E-state index < -0.39 is 11.9 Å². The Morgan fingerprint density at radius 3 is 2.52 bits per heavy atom. The van der Waals surface area contributed by atoms with Crippen LogP contribution in [0.2, 0.25) is 0 Å². The first-order valence-corrected chi connectivity index (χ1v) is 7.77. The van der Waals surface area contributed by atoms with Crippen molar-refractivity contribution in [1.29, 1.82) is 0 Å². The molecule has 2 N–H and O–H groups in total. The average Bonchev–Trinajstić information content (AvgIpc) is 2.95. The van der Waals surface area contributed by atoms with Crippen molar-refractivity contribution in [3.8, 4) is 0 Å². The van der Waals surface area contributed by atoms with Crippen LogP contribution in [0.25, 0.3) is 0 Å². The van der Waals surface area contributed by atoms with Crippen molar-refractivity contribution in [2.75, 3.05) is 6.54 Å². The van der Waals surface area contributed by atoms with Crippen LogP contribution in [0.15, 0.2) is 54.6 Å². The van der Waals surface area contributed by atoms with Crippen molar-refractivity contribution in [2.45, 2.75) is 13.2 Å². The van der Waals surface area contributed by atoms with Gasteiger partial charge in [0.25, 0.3) is 5.91 Å². The molecule has 128 valence electrons. The van der Waals surface area contributed by atoms with E-state index in [1.54, 1.807) is 24.3 Å². The third-order valence-electron chi connectivity index (χ3n) is 3.77. The zero-order chi connectivity index (χ0) is 17.6. The van der Waals surface area contributed by atoms with E-state index >= 15 is 0 Å². The second-order valence-electron chi connectivity index (χ2n) is 5.50. The molecule has 25 heavy (non-hydrogen) atoms. The quantitative estimate of drug-likeness (QED) is 0.618. The topological polar surface area (TPSA) is 87.7 Å². The highest BCUT2D eigenvalue weighted by atomic mass is 16.6. The van der Waals surface area contributed by atoms with Gasteiger partial charge in [-0.05, 0) is 17.2 Å². The van der Waals surface area contributed by atoms with E-state index in [4.69, 9.17) is 4.84 Å². The second-order valence-corrected chi connectivity index (χ2v) is 5.50. The van der Waals surface area contributed by atoms with E-state index in [0.29, 0.717) is 11.1 Å². The number of imide groups is 1. The summed E-state index contributed by atoms with van der Waals surface area (Å²) in [5.74, 6) is -0.751. The minimum absolute atomic E-state index is 0.0205. The summed E-state index contributed by atoms with van der Waals surface area (Å²) in [6.45, 7) is 0.252. The lowest BCUT2D eigenvalue weighted by Crippen LogP contribution is -2.32. The minimum atomic E-state index is -0.458. The maximum absolute atomic E-state index is 12.4. The molecular formula is C18H17N3O4. The molecule has 1 saturated heterocycles. The van der Waals surface area contributed by atoms with Crippen molar-refractivity contribution in [3.63, 3.8) is 0 Å². The number of carbonyl (C=O) groups is 3. The number of nitrogens with one attached hydrogen (secondary N) is 2. The highest BCUT2D eigenvalue weighted by Gasteiger charge is 2.29. The summed E-state index contributed by atoms with van der Waals surface area (Å²) in [7, 11) is 0. The summed E-state index contributed by atoms with van der Waals surface area (Å²) < 4.78 is 0. The molecule has 0 bridgehead atoms. The number of rotatable bonds is 6. The second kappa shape index (κ2) is 7.59. The number of hydrogen-bond donors (Lipinski definition) is 2. The van der Waals surface area contributed by atoms with Crippen LogP contribution < -0.4 is 10.8 Å². The zero-order valence-corrected chi connectivity index (χ0v) is 13.4. The lowest BCUT2D eigenvalue weighted by atomic mass is 10.1. The molecule has 7 heteroatoms. The third kappa shape index (κ3) is 4.02. The molecule has 0 spiro atoms. The van der Waals surface area contributed by atoms with E-state index in [1.807, 2.05) is 30.3 Å². The van der Waals surface area contributed by atoms with Crippen LogP contribution in [0.1, 0.15) is 21.5 Å². The Morgan fingerprint density at radius 2 is 1.80 bits per heavy atom. The van der Waals surface area contributed by atoms with Gasteiger partial charge in [0.05, 0.1) is 19.7 Å². The van der Waals surface area contributed by atoms with E-state index in [0.717, 1.165) is 10.5 Å². The van der Waals surface area contributed by atoms with Crippen molar-refractivity contribution in [2.24, 2.45) is 0 Å². The maximum atomic E-state index is 12.4. The van der Waals surface area contributed by atoms with Gasteiger partial charge in [-0.2, -0.15) is 0 Å². The SMILES string of the molecule is O=C(NOCc1ccccc1)c1ccccc1CN1C(=O)CNC1=O. The van der Waals surface area contributed by atoms with Crippen LogP contribution in [0, 0.1) is 0 Å². The standard InChI is InChI=1S/C18H17N3O4/c22-16-10-19-18(24)21(16)11-14-8-4-5-9-15(14)17(23)20-25-12-13-6-2-1-3-7-13/h1-9H,10-12H2,(H,19,24)(H,20,23). The molecule has 0 saturated carbocycles. The summed E-state index contributed by atoms with van der Waals surface area (Å²) in [5.41, 5.74) is 4.23. The fourth-order valence-electron chi connectivity index (χ4n) is 2.48. The monoisotopic (exact) mass is 339 g/mol. The predicted octanol–water partition coefficient (Wildman–Crippen LogP) is 1.60. The van der Waals surface area contributed by atoms with Gasteiger partial charge in [-0.3, -0.25) is 19.3 Å². The summed E-state index contributed by atoms with van der Waals surface area (Å²) >= 11 is 0. The van der Waals surface area contributed by atoms with Gasteiger partial charge in [0.2, 0.25) is 5.91 Å². The summed E-state index contributed by atoms with van der Waals surface area (Å²) in [5, 5.41) is 2.45. The Bertz CT molecular complexity index is 776. The van der Waals surface area contributed by atoms with Crippen LogP contribution >= 0.6 is 0 Å². The fourth-order valence-corrected chi connectivity index (χ4v) is 2.48. The number of hydroxylamine groups is 1. The molecule has 4 amide bonds. The number of hydrogen-bond acceptors (Lipinski definition) is 4. The van der Waals surface area contributed by atoms with Crippen molar-refractivity contribution in [3.05, 3.63) is 71.3 Å². The largest absolute Gasteiger partial charge is 0.329 e. The Balaban J connectivity index is 1.64. The Kier molecular flexibility index (Phi) is 5.06. The number of benzene rings is 2. The molecule has 3 rings (SSSR count). The average molecular weight is 339 g/mol. The smallest absolute Gasteiger partial charge is 0.324 e. The van der Waals surface area contributed by atoms with E-state index in [2.05, 4.69) is 10.8 Å². The first-order valence-electron chi connectivity index (χ1n) is 7.77. The van der Waals surface area contributed by atoms with Crippen LogP contribution in [0.3, 0.4) is 0 Å². The molecule has 7 nitrogen and oxygen atoms in total. The molecule has 1 fully saturated rings. The summed E-state index contributed by atoms with van der Waals surface area (Å²) in [4.78, 5) is 42.1. The van der Waals surface area contributed by atoms with Gasteiger partial charge >= 0.3 is 6.03 Å². The van der Waals surface area contributed by atoms with Crippen LogP contribution in [0.5, 0.6) is 0 Å². The molecule has 1 aliphatic heterocycles. The number of urea groups is 1. The van der Waals surface area contributed by atoms with Gasteiger partial charge in [-0.1, -0.05) is 48.5 Å². The number of amides is 4. The Morgan fingerprint density at radius 1 is 1.08 bits per heavy atom. The predicted molar refractivity (Wildman–Crippen MR) is 89.1 cm³/mol. The lowest BCUT2D eigenvalue weighted by molar-refractivity contribution is -0.125. The van der Waals surface area contributed by atoms with Gasteiger partial charge in [0, 0.05) is 5.56 Å². The molecule has 1 heterocycles. The molecule has 0 atom stereocenters. The van der Waals surface area contributed by atoms with E-state index in [9.17, 15) is 14.4 Å². The highest BCUT2D eigenvalue weighted by molar-refractivity contribution is 6.02. The normalized spacial score (nSPS) is 13.7. The van der Waals surface area contributed by atoms with Gasteiger partial charge < -0.3 is 5.32 Å². The van der Waals surface area contributed by atoms with Crippen LogP contribution in [-0.2, 0) is 22.8 Å². The van der Waals surface area contributed by atoms with E-state index in [-0.39, 0.29) is 25.6 Å². The van der Waals surface area contributed by atoms with Gasteiger partial charge in [-0.25, -0.2) is 10.3 Å². The van der Waals surface area contributed by atoms with Crippen LogP contribution in [-0.4, -0.2) is 29.3 Å².